The van der Waals surface area contributed by atoms with Gasteiger partial charge >= 0.3 is 6.03 Å². The van der Waals surface area contributed by atoms with Gasteiger partial charge in [-0.05, 0) is 30.5 Å². The molecule has 1 aromatic carbocycles. The molecule has 2 N–H and O–H groups in total. The van der Waals surface area contributed by atoms with Gasteiger partial charge in [-0.15, -0.1) is 0 Å². The Labute approximate surface area is 131 Å². The highest BCUT2D eigenvalue weighted by Crippen LogP contribution is 2.24. The summed E-state index contributed by atoms with van der Waals surface area (Å²) in [4.78, 5) is 11.8. The van der Waals surface area contributed by atoms with E-state index in [0.29, 0.717) is 28.2 Å². The molecule has 0 aliphatic carbocycles. The van der Waals surface area contributed by atoms with Gasteiger partial charge in [-0.2, -0.15) is 0 Å². The quantitative estimate of drug-likeness (QED) is 0.701. The number of urea groups is 1. The summed E-state index contributed by atoms with van der Waals surface area (Å²) in [6.45, 7) is 5.03. The molecule has 1 atom stereocenters. The first kappa shape index (κ1) is 17.1. The monoisotopic (exact) mass is 316 g/mol. The van der Waals surface area contributed by atoms with E-state index in [4.69, 9.17) is 23.2 Å². The van der Waals surface area contributed by atoms with Crippen molar-refractivity contribution in [2.75, 3.05) is 11.9 Å². The van der Waals surface area contributed by atoms with Crippen LogP contribution in [0.2, 0.25) is 10.0 Å². The molecule has 0 bridgehead atoms. The third kappa shape index (κ3) is 6.02. The number of anilines is 1. The molecule has 0 unspecified atom stereocenters. The minimum atomic E-state index is -0.210. The fourth-order valence-corrected chi connectivity index (χ4v) is 2.23. The molecule has 112 valence electrons. The predicted molar refractivity (Wildman–Crippen MR) is 86.8 cm³/mol. The van der Waals surface area contributed by atoms with Gasteiger partial charge in [-0.1, -0.05) is 56.3 Å². The summed E-state index contributed by atoms with van der Waals surface area (Å²) in [6.07, 6.45) is 4.62. The fourth-order valence-electron chi connectivity index (χ4n) is 1.93. The zero-order chi connectivity index (χ0) is 15.0. The van der Waals surface area contributed by atoms with E-state index in [2.05, 4.69) is 24.5 Å². The van der Waals surface area contributed by atoms with Crippen molar-refractivity contribution in [1.29, 1.82) is 0 Å². The molecular weight excluding hydrogens is 295 g/mol. The number of hydrogen-bond acceptors (Lipinski definition) is 1. The molecule has 0 fully saturated rings. The van der Waals surface area contributed by atoms with Gasteiger partial charge in [0.1, 0.15) is 0 Å². The number of rotatable bonds is 7. The summed E-state index contributed by atoms with van der Waals surface area (Å²) in [5.41, 5.74) is 0.638. The van der Waals surface area contributed by atoms with Gasteiger partial charge in [0.15, 0.2) is 0 Å². The summed E-state index contributed by atoms with van der Waals surface area (Å²) in [7, 11) is 0. The number of halogens is 2. The summed E-state index contributed by atoms with van der Waals surface area (Å²) in [5.74, 6) is 0.537. The Kier molecular flexibility index (Phi) is 7.78. The number of hydrogen-bond donors (Lipinski definition) is 2. The number of unbranched alkanes of at least 4 members (excludes halogenated alkanes) is 1. The minimum Gasteiger partial charge on any atom is -0.338 e. The topological polar surface area (TPSA) is 41.1 Å². The van der Waals surface area contributed by atoms with E-state index in [-0.39, 0.29) is 6.03 Å². The molecule has 1 rings (SSSR count). The van der Waals surface area contributed by atoms with Crippen LogP contribution >= 0.6 is 23.2 Å². The Hall–Kier alpha value is -0.930. The molecule has 20 heavy (non-hydrogen) atoms. The van der Waals surface area contributed by atoms with Gasteiger partial charge in [0.25, 0.3) is 0 Å². The van der Waals surface area contributed by atoms with Crippen molar-refractivity contribution in [3.05, 3.63) is 28.2 Å². The van der Waals surface area contributed by atoms with E-state index in [1.165, 1.54) is 12.8 Å². The standard InChI is InChI=1S/C15H22Cl2N2O/c1-3-5-6-11(4-2)10-18-15(20)19-12-7-8-13(16)14(17)9-12/h7-9,11H,3-6,10H2,1-2H3,(H2,18,19,20)/t11-/m1/s1. The van der Waals surface area contributed by atoms with E-state index < -0.39 is 0 Å². The fraction of sp³-hybridized carbons (Fsp3) is 0.533. The Morgan fingerprint density at radius 3 is 2.60 bits per heavy atom. The van der Waals surface area contributed by atoms with E-state index >= 15 is 0 Å². The smallest absolute Gasteiger partial charge is 0.319 e. The van der Waals surface area contributed by atoms with Crippen LogP contribution in [0.3, 0.4) is 0 Å². The summed E-state index contributed by atoms with van der Waals surface area (Å²) in [5, 5.41) is 6.56. The average Bonchev–Trinajstić information content (AvgIpc) is 2.43. The van der Waals surface area contributed by atoms with Crippen molar-refractivity contribution in [2.24, 2.45) is 5.92 Å². The number of nitrogens with one attached hydrogen (secondary N) is 2. The summed E-state index contributed by atoms with van der Waals surface area (Å²) < 4.78 is 0. The van der Waals surface area contributed by atoms with Gasteiger partial charge in [-0.25, -0.2) is 4.79 Å². The largest absolute Gasteiger partial charge is 0.338 e. The molecule has 0 saturated heterocycles. The van der Waals surface area contributed by atoms with Crippen molar-refractivity contribution in [1.82, 2.24) is 5.32 Å². The van der Waals surface area contributed by atoms with Crippen LogP contribution in [0.5, 0.6) is 0 Å². The molecule has 1 aromatic rings. The van der Waals surface area contributed by atoms with Crippen LogP contribution in [-0.4, -0.2) is 12.6 Å². The van der Waals surface area contributed by atoms with Crippen molar-refractivity contribution < 1.29 is 4.79 Å². The predicted octanol–water partition coefficient (Wildman–Crippen LogP) is 5.33. The van der Waals surface area contributed by atoms with E-state index in [9.17, 15) is 4.79 Å². The highest BCUT2D eigenvalue weighted by molar-refractivity contribution is 6.42. The first-order chi connectivity index (χ1) is 9.56. The van der Waals surface area contributed by atoms with Crippen LogP contribution in [0.1, 0.15) is 39.5 Å². The molecule has 0 saturated carbocycles. The molecule has 0 heterocycles. The van der Waals surface area contributed by atoms with Crippen molar-refractivity contribution in [3.63, 3.8) is 0 Å². The maximum Gasteiger partial charge on any atom is 0.319 e. The van der Waals surface area contributed by atoms with Crippen LogP contribution in [-0.2, 0) is 0 Å². The second-order valence-electron chi connectivity index (χ2n) is 4.88. The summed E-state index contributed by atoms with van der Waals surface area (Å²) in [6, 6.07) is 4.81. The second kappa shape index (κ2) is 9.09. The third-order valence-corrected chi connectivity index (χ3v) is 4.01. The number of benzene rings is 1. The van der Waals surface area contributed by atoms with Crippen molar-refractivity contribution >= 4 is 34.9 Å². The zero-order valence-corrected chi connectivity index (χ0v) is 13.5. The first-order valence-corrected chi connectivity index (χ1v) is 7.82. The molecule has 0 radical (unpaired) electrons. The molecule has 5 heteroatoms. The van der Waals surface area contributed by atoms with E-state index in [1.54, 1.807) is 18.2 Å². The molecular formula is C15H22Cl2N2O. The number of amides is 2. The second-order valence-corrected chi connectivity index (χ2v) is 5.69. The molecule has 0 aromatic heterocycles. The lowest BCUT2D eigenvalue weighted by atomic mass is 9.99. The van der Waals surface area contributed by atoms with Gasteiger partial charge < -0.3 is 10.6 Å². The van der Waals surface area contributed by atoms with Crippen molar-refractivity contribution in [3.8, 4) is 0 Å². The molecule has 0 aliphatic heterocycles. The van der Waals surface area contributed by atoms with Crippen molar-refractivity contribution in [2.45, 2.75) is 39.5 Å². The maximum atomic E-state index is 11.8. The van der Waals surface area contributed by atoms with Gasteiger partial charge in [0, 0.05) is 12.2 Å². The molecule has 3 nitrogen and oxygen atoms in total. The van der Waals surface area contributed by atoms with E-state index in [0.717, 1.165) is 12.8 Å². The average molecular weight is 317 g/mol. The Balaban J connectivity index is 2.40. The number of carbonyl (C=O) groups is 1. The lowest BCUT2D eigenvalue weighted by molar-refractivity contribution is 0.249. The van der Waals surface area contributed by atoms with Crippen LogP contribution in [0.4, 0.5) is 10.5 Å². The summed E-state index contributed by atoms with van der Waals surface area (Å²) >= 11 is 11.7. The van der Waals surface area contributed by atoms with E-state index in [1.807, 2.05) is 0 Å². The Bertz CT molecular complexity index is 438. The lowest BCUT2D eigenvalue weighted by Crippen LogP contribution is -2.33. The highest BCUT2D eigenvalue weighted by Gasteiger charge is 2.09. The lowest BCUT2D eigenvalue weighted by Gasteiger charge is -2.15. The Morgan fingerprint density at radius 1 is 1.25 bits per heavy atom. The number of carbonyl (C=O) groups excluding carboxylic acids is 1. The zero-order valence-electron chi connectivity index (χ0n) is 12.0. The maximum absolute atomic E-state index is 11.8. The van der Waals surface area contributed by atoms with Gasteiger partial charge in [0.05, 0.1) is 10.0 Å². The normalized spacial score (nSPS) is 12.0. The van der Waals surface area contributed by atoms with Gasteiger partial charge in [0.2, 0.25) is 0 Å². The third-order valence-electron chi connectivity index (χ3n) is 3.27. The molecule has 0 spiro atoms. The SMILES string of the molecule is CCCC[C@@H](CC)CNC(=O)Nc1ccc(Cl)c(Cl)c1. The van der Waals surface area contributed by atoms with Crippen LogP contribution in [0.25, 0.3) is 0 Å². The first-order valence-electron chi connectivity index (χ1n) is 7.06. The highest BCUT2D eigenvalue weighted by atomic mass is 35.5. The van der Waals surface area contributed by atoms with Gasteiger partial charge in [-0.3, -0.25) is 0 Å². The van der Waals surface area contributed by atoms with Crippen LogP contribution in [0.15, 0.2) is 18.2 Å². The van der Waals surface area contributed by atoms with Crippen LogP contribution in [0, 0.1) is 5.92 Å². The van der Waals surface area contributed by atoms with Crippen LogP contribution < -0.4 is 10.6 Å². The Morgan fingerprint density at radius 2 is 2.00 bits per heavy atom. The molecule has 0 aliphatic rings. The molecule has 2 amide bonds. The minimum absolute atomic E-state index is 0.210.